The van der Waals surface area contributed by atoms with Gasteiger partial charge in [-0.15, -0.1) is 0 Å². The summed E-state index contributed by atoms with van der Waals surface area (Å²) in [7, 11) is 3.44. The number of amides is 2. The molecule has 0 bridgehead atoms. The maximum Gasteiger partial charge on any atom is 0.272 e. The molecule has 6 heteroatoms. The molecule has 2 aromatic rings. The number of primary amides is 1. The van der Waals surface area contributed by atoms with Crippen LogP contribution in [0.2, 0.25) is 0 Å². The molecule has 1 fully saturated rings. The summed E-state index contributed by atoms with van der Waals surface area (Å²) in [6.07, 6.45) is 2.35. The number of benzene rings is 1. The third kappa shape index (κ3) is 3.91. The first-order valence-electron chi connectivity index (χ1n) is 8.62. The van der Waals surface area contributed by atoms with Gasteiger partial charge in [-0.3, -0.25) is 9.59 Å². The SMILES string of the molecule is COC1CC(N(C)C(=O)c2cc(C(N)=O)cc(Cc3ccccc3)n2)C1. The molecule has 2 N–H and O–H groups in total. The van der Waals surface area contributed by atoms with E-state index in [1.54, 1.807) is 25.1 Å². The fraction of sp³-hybridized carbons (Fsp3) is 0.350. The number of carbonyl (C=O) groups excluding carboxylic acids is 2. The Balaban J connectivity index is 1.83. The zero-order chi connectivity index (χ0) is 18.7. The lowest BCUT2D eigenvalue weighted by Crippen LogP contribution is -2.48. The smallest absolute Gasteiger partial charge is 0.272 e. The molecule has 0 atom stereocenters. The zero-order valence-corrected chi connectivity index (χ0v) is 15.0. The Kier molecular flexibility index (Phi) is 5.32. The van der Waals surface area contributed by atoms with Crippen molar-refractivity contribution >= 4 is 11.8 Å². The molecule has 26 heavy (non-hydrogen) atoms. The highest BCUT2D eigenvalue weighted by Crippen LogP contribution is 2.28. The topological polar surface area (TPSA) is 85.5 Å². The van der Waals surface area contributed by atoms with Crippen LogP contribution < -0.4 is 5.73 Å². The summed E-state index contributed by atoms with van der Waals surface area (Å²) in [6.45, 7) is 0. The van der Waals surface area contributed by atoms with E-state index in [-0.39, 0.29) is 23.7 Å². The molecule has 3 rings (SSSR count). The number of pyridine rings is 1. The molecule has 1 aliphatic carbocycles. The number of nitrogens with zero attached hydrogens (tertiary/aromatic N) is 2. The van der Waals surface area contributed by atoms with Crippen molar-refractivity contribution in [1.82, 2.24) is 9.88 Å². The van der Waals surface area contributed by atoms with Crippen LogP contribution in [0.5, 0.6) is 0 Å². The fourth-order valence-corrected chi connectivity index (χ4v) is 3.13. The van der Waals surface area contributed by atoms with Crippen molar-refractivity contribution < 1.29 is 14.3 Å². The summed E-state index contributed by atoms with van der Waals surface area (Å²) in [5.74, 6) is -0.775. The summed E-state index contributed by atoms with van der Waals surface area (Å²) in [4.78, 5) is 30.7. The van der Waals surface area contributed by atoms with Crippen LogP contribution >= 0.6 is 0 Å². The monoisotopic (exact) mass is 353 g/mol. The average molecular weight is 353 g/mol. The highest BCUT2D eigenvalue weighted by Gasteiger charge is 2.35. The molecule has 136 valence electrons. The maximum absolute atomic E-state index is 12.8. The van der Waals surface area contributed by atoms with Gasteiger partial charge in [0.15, 0.2) is 0 Å². The number of carbonyl (C=O) groups is 2. The standard InChI is InChI=1S/C20H23N3O3/c1-23(16-11-17(12-16)26-2)20(25)18-10-14(19(21)24)9-15(22-18)8-13-6-4-3-5-7-13/h3-7,9-10,16-17H,8,11-12H2,1-2H3,(H2,21,24). The Bertz CT molecular complexity index is 801. The van der Waals surface area contributed by atoms with Crippen molar-refractivity contribution in [2.75, 3.05) is 14.2 Å². The lowest BCUT2D eigenvalue weighted by molar-refractivity contribution is -0.0146. The van der Waals surface area contributed by atoms with E-state index in [1.165, 1.54) is 6.07 Å². The van der Waals surface area contributed by atoms with Gasteiger partial charge in [0.05, 0.1) is 6.10 Å². The first kappa shape index (κ1) is 18.1. The predicted molar refractivity (Wildman–Crippen MR) is 97.9 cm³/mol. The van der Waals surface area contributed by atoms with Gasteiger partial charge in [0.2, 0.25) is 5.91 Å². The normalized spacial score (nSPS) is 18.8. The quantitative estimate of drug-likeness (QED) is 0.861. The van der Waals surface area contributed by atoms with Gasteiger partial charge in [0.1, 0.15) is 5.69 Å². The van der Waals surface area contributed by atoms with Gasteiger partial charge in [-0.2, -0.15) is 0 Å². The third-order valence-electron chi connectivity index (χ3n) is 4.88. The molecule has 6 nitrogen and oxygen atoms in total. The maximum atomic E-state index is 12.8. The molecule has 0 aliphatic heterocycles. The Hall–Kier alpha value is -2.73. The van der Waals surface area contributed by atoms with E-state index in [2.05, 4.69) is 4.98 Å². The van der Waals surface area contributed by atoms with Crippen LogP contribution in [-0.4, -0.2) is 48.0 Å². The second-order valence-electron chi connectivity index (χ2n) is 6.66. The molecule has 1 aromatic heterocycles. The van der Waals surface area contributed by atoms with Crippen LogP contribution in [0.25, 0.3) is 0 Å². The summed E-state index contributed by atoms with van der Waals surface area (Å²) >= 11 is 0. The largest absolute Gasteiger partial charge is 0.381 e. The Morgan fingerprint density at radius 1 is 1.23 bits per heavy atom. The molecule has 0 unspecified atom stereocenters. The van der Waals surface area contributed by atoms with Gasteiger partial charge >= 0.3 is 0 Å². The van der Waals surface area contributed by atoms with Crippen LogP contribution in [0.3, 0.4) is 0 Å². The van der Waals surface area contributed by atoms with Crippen LogP contribution in [0, 0.1) is 0 Å². The second-order valence-corrected chi connectivity index (χ2v) is 6.66. The van der Waals surface area contributed by atoms with Gasteiger partial charge in [-0.1, -0.05) is 30.3 Å². The number of methoxy groups -OCH3 is 1. The summed E-state index contributed by atoms with van der Waals surface area (Å²) in [6, 6.07) is 13.0. The summed E-state index contributed by atoms with van der Waals surface area (Å²) in [5, 5.41) is 0. The van der Waals surface area contributed by atoms with E-state index in [9.17, 15) is 9.59 Å². The van der Waals surface area contributed by atoms with Crippen molar-refractivity contribution in [2.24, 2.45) is 5.73 Å². The molecule has 2 amide bonds. The number of ether oxygens (including phenoxy) is 1. The van der Waals surface area contributed by atoms with E-state index in [0.29, 0.717) is 17.7 Å². The number of hydrogen-bond donors (Lipinski definition) is 1. The minimum absolute atomic E-state index is 0.129. The highest BCUT2D eigenvalue weighted by atomic mass is 16.5. The van der Waals surface area contributed by atoms with E-state index in [4.69, 9.17) is 10.5 Å². The number of nitrogens with two attached hydrogens (primary N) is 1. The van der Waals surface area contributed by atoms with Crippen molar-refractivity contribution in [1.29, 1.82) is 0 Å². The van der Waals surface area contributed by atoms with Gasteiger partial charge < -0.3 is 15.4 Å². The predicted octanol–water partition coefficient (Wildman–Crippen LogP) is 2.02. The van der Waals surface area contributed by atoms with E-state index in [1.807, 2.05) is 30.3 Å². The number of hydrogen-bond acceptors (Lipinski definition) is 4. The van der Waals surface area contributed by atoms with Gasteiger partial charge in [-0.25, -0.2) is 4.98 Å². The molecule has 0 saturated heterocycles. The molecule has 0 spiro atoms. The molecular formula is C20H23N3O3. The van der Waals surface area contributed by atoms with Crippen LogP contribution in [0.4, 0.5) is 0 Å². The Labute approximate surface area is 153 Å². The lowest BCUT2D eigenvalue weighted by Gasteiger charge is -2.40. The molecule has 1 saturated carbocycles. The van der Waals surface area contributed by atoms with E-state index < -0.39 is 5.91 Å². The molecular weight excluding hydrogens is 330 g/mol. The highest BCUT2D eigenvalue weighted by molar-refractivity contribution is 5.98. The summed E-state index contributed by atoms with van der Waals surface area (Å²) < 4.78 is 5.27. The van der Waals surface area contributed by atoms with Crippen LogP contribution in [0.15, 0.2) is 42.5 Å². The molecule has 1 aliphatic rings. The lowest BCUT2D eigenvalue weighted by atomic mass is 9.88. The van der Waals surface area contributed by atoms with Crippen molar-refractivity contribution in [3.63, 3.8) is 0 Å². The number of rotatable bonds is 6. The summed E-state index contributed by atoms with van der Waals surface area (Å²) in [5.41, 5.74) is 7.69. The first-order chi connectivity index (χ1) is 12.5. The second kappa shape index (κ2) is 7.66. The first-order valence-corrected chi connectivity index (χ1v) is 8.62. The number of aromatic nitrogens is 1. The fourth-order valence-electron chi connectivity index (χ4n) is 3.13. The Morgan fingerprint density at radius 3 is 2.54 bits per heavy atom. The minimum atomic E-state index is -0.568. The van der Waals surface area contributed by atoms with E-state index in [0.717, 1.165) is 18.4 Å². The van der Waals surface area contributed by atoms with Crippen LogP contribution in [-0.2, 0) is 11.2 Å². The molecule has 1 heterocycles. The Morgan fingerprint density at radius 2 is 1.92 bits per heavy atom. The van der Waals surface area contributed by atoms with Crippen molar-refractivity contribution in [3.05, 3.63) is 65.0 Å². The van der Waals surface area contributed by atoms with Gasteiger partial charge in [0, 0.05) is 37.9 Å². The minimum Gasteiger partial charge on any atom is -0.381 e. The van der Waals surface area contributed by atoms with Gasteiger partial charge in [-0.05, 0) is 30.5 Å². The van der Waals surface area contributed by atoms with Crippen molar-refractivity contribution in [3.8, 4) is 0 Å². The molecule has 0 radical (unpaired) electrons. The van der Waals surface area contributed by atoms with Crippen LogP contribution in [0.1, 0.15) is 44.9 Å². The third-order valence-corrected chi connectivity index (χ3v) is 4.88. The zero-order valence-electron chi connectivity index (χ0n) is 15.0. The van der Waals surface area contributed by atoms with Crippen molar-refractivity contribution in [2.45, 2.75) is 31.4 Å². The molecule has 1 aromatic carbocycles. The van der Waals surface area contributed by atoms with Gasteiger partial charge in [0.25, 0.3) is 5.91 Å². The van der Waals surface area contributed by atoms with E-state index >= 15 is 0 Å². The average Bonchev–Trinajstić information content (AvgIpc) is 2.60.